The molecular weight excluding hydrogens is 312 g/mol. The van der Waals surface area contributed by atoms with Crippen molar-refractivity contribution in [2.45, 2.75) is 0 Å². The Bertz CT molecular complexity index is 1130. The summed E-state index contributed by atoms with van der Waals surface area (Å²) in [6.45, 7) is 0. The van der Waals surface area contributed by atoms with Crippen LogP contribution in [0.2, 0.25) is 0 Å². The van der Waals surface area contributed by atoms with Gasteiger partial charge in [-0.15, -0.1) is 0 Å². The molecule has 0 amide bonds. The average molecular weight is 329 g/mol. The van der Waals surface area contributed by atoms with Crippen LogP contribution in [-0.4, -0.2) is 0 Å². The largest absolute Gasteiger partial charge is 0.0616 e. The normalized spacial score (nSPS) is 11.1. The zero-order valence-corrected chi connectivity index (χ0v) is 14.3. The van der Waals surface area contributed by atoms with Gasteiger partial charge in [0.05, 0.1) is 0 Å². The minimum Gasteiger partial charge on any atom is -0.0616 e. The van der Waals surface area contributed by atoms with Gasteiger partial charge in [-0.05, 0) is 68.1 Å². The van der Waals surface area contributed by atoms with E-state index in [2.05, 4.69) is 109 Å². The zero-order chi connectivity index (χ0) is 17.3. The second-order valence-electron chi connectivity index (χ2n) is 6.56. The lowest BCUT2D eigenvalue weighted by Crippen LogP contribution is -1.85. The van der Waals surface area contributed by atoms with Crippen molar-refractivity contribution in [1.82, 2.24) is 0 Å². The molecule has 5 aromatic carbocycles. The number of hydrogen-bond acceptors (Lipinski definition) is 0. The molecule has 5 aromatic rings. The van der Waals surface area contributed by atoms with Crippen molar-refractivity contribution in [3.63, 3.8) is 0 Å². The predicted molar refractivity (Wildman–Crippen MR) is 111 cm³/mol. The van der Waals surface area contributed by atoms with Crippen molar-refractivity contribution < 1.29 is 0 Å². The number of rotatable bonds is 2. The van der Waals surface area contributed by atoms with E-state index in [1.807, 2.05) is 0 Å². The Morgan fingerprint density at radius 2 is 0.923 bits per heavy atom. The molecule has 0 nitrogen and oxygen atoms in total. The van der Waals surface area contributed by atoms with Gasteiger partial charge in [-0.1, -0.05) is 84.9 Å². The first-order valence-electron chi connectivity index (χ1n) is 8.87. The fourth-order valence-corrected chi connectivity index (χ4v) is 3.74. The van der Waals surface area contributed by atoms with Crippen molar-refractivity contribution in [2.75, 3.05) is 0 Å². The van der Waals surface area contributed by atoms with Gasteiger partial charge in [0, 0.05) is 0 Å². The maximum Gasteiger partial charge on any atom is -0.0105 e. The fraction of sp³-hybridized carbons (Fsp3) is 0. The van der Waals surface area contributed by atoms with Crippen molar-refractivity contribution in [2.24, 2.45) is 0 Å². The van der Waals surface area contributed by atoms with E-state index in [1.165, 1.54) is 43.8 Å². The molecule has 26 heavy (non-hydrogen) atoms. The van der Waals surface area contributed by atoms with Crippen molar-refractivity contribution in [3.8, 4) is 22.3 Å². The predicted octanol–water partition coefficient (Wildman–Crippen LogP) is 7.13. The van der Waals surface area contributed by atoms with Gasteiger partial charge in [0.25, 0.3) is 0 Å². The first-order valence-corrected chi connectivity index (χ1v) is 8.87. The summed E-state index contributed by atoms with van der Waals surface area (Å²) in [4.78, 5) is 0. The topological polar surface area (TPSA) is 0 Å². The zero-order valence-electron chi connectivity index (χ0n) is 14.3. The summed E-state index contributed by atoms with van der Waals surface area (Å²) < 4.78 is 0. The smallest absolute Gasteiger partial charge is 0.0105 e. The molecular formula is C26H17. The fourth-order valence-electron chi connectivity index (χ4n) is 3.74. The van der Waals surface area contributed by atoms with Crippen LogP contribution < -0.4 is 0 Å². The van der Waals surface area contributed by atoms with Crippen LogP contribution in [0.15, 0.2) is 103 Å². The molecule has 0 bridgehead atoms. The Kier molecular flexibility index (Phi) is 3.54. The van der Waals surface area contributed by atoms with E-state index in [0.29, 0.717) is 0 Å². The van der Waals surface area contributed by atoms with Crippen LogP contribution in [0.1, 0.15) is 0 Å². The summed E-state index contributed by atoms with van der Waals surface area (Å²) in [5.41, 5.74) is 4.90. The summed E-state index contributed by atoms with van der Waals surface area (Å²) in [5.74, 6) is 0. The molecule has 0 heteroatoms. The van der Waals surface area contributed by atoms with E-state index in [9.17, 15) is 0 Å². The third-order valence-electron chi connectivity index (χ3n) is 4.99. The third-order valence-corrected chi connectivity index (χ3v) is 4.99. The van der Waals surface area contributed by atoms with E-state index in [-0.39, 0.29) is 0 Å². The molecule has 1 radical (unpaired) electrons. The summed E-state index contributed by atoms with van der Waals surface area (Å²) in [6.07, 6.45) is 0. The highest BCUT2D eigenvalue weighted by Crippen LogP contribution is 2.33. The number of benzene rings is 5. The van der Waals surface area contributed by atoms with Crippen LogP contribution in [0.5, 0.6) is 0 Å². The summed E-state index contributed by atoms with van der Waals surface area (Å²) >= 11 is 0. The van der Waals surface area contributed by atoms with Crippen molar-refractivity contribution >= 4 is 21.5 Å². The molecule has 0 fully saturated rings. The second kappa shape index (κ2) is 6.16. The molecule has 0 aliphatic heterocycles. The van der Waals surface area contributed by atoms with Crippen LogP contribution >= 0.6 is 0 Å². The van der Waals surface area contributed by atoms with Crippen molar-refractivity contribution in [1.29, 1.82) is 0 Å². The number of hydrogen-bond donors (Lipinski definition) is 0. The van der Waals surface area contributed by atoms with E-state index in [1.54, 1.807) is 0 Å². The van der Waals surface area contributed by atoms with Crippen LogP contribution in [0.3, 0.4) is 0 Å². The maximum atomic E-state index is 3.36. The molecule has 0 aliphatic rings. The van der Waals surface area contributed by atoms with Gasteiger partial charge < -0.3 is 0 Å². The van der Waals surface area contributed by atoms with Gasteiger partial charge in [-0.3, -0.25) is 0 Å². The molecule has 121 valence electrons. The van der Waals surface area contributed by atoms with Crippen LogP contribution in [0, 0.1) is 6.07 Å². The maximum absolute atomic E-state index is 3.36. The average Bonchev–Trinajstić information content (AvgIpc) is 2.73. The second-order valence-corrected chi connectivity index (χ2v) is 6.56. The van der Waals surface area contributed by atoms with Gasteiger partial charge in [0.15, 0.2) is 0 Å². The molecule has 0 unspecified atom stereocenters. The number of fused-ring (bicyclic) bond motifs is 2. The lowest BCUT2D eigenvalue weighted by molar-refractivity contribution is 1.61. The third kappa shape index (κ3) is 2.48. The SMILES string of the molecule is [c]1cc(-c2cccc3ccccc23)cc(-c2cccc3ccccc23)c1. The summed E-state index contributed by atoms with van der Waals surface area (Å²) in [6, 6.07) is 39.8. The standard InChI is InChI=1S/C26H17/c1-3-14-23-19(8-1)10-6-16-25(23)21-12-5-13-22(18-21)26-17-7-11-20-9-2-4-15-24(20)26/h1-4,6-18H. The van der Waals surface area contributed by atoms with E-state index in [4.69, 9.17) is 0 Å². The lowest BCUT2D eigenvalue weighted by atomic mass is 9.93. The Morgan fingerprint density at radius 1 is 0.462 bits per heavy atom. The Morgan fingerprint density at radius 3 is 1.46 bits per heavy atom. The molecule has 0 saturated heterocycles. The lowest BCUT2D eigenvalue weighted by Gasteiger charge is -2.11. The molecule has 0 heterocycles. The minimum atomic E-state index is 1.20. The summed E-state index contributed by atoms with van der Waals surface area (Å²) in [7, 11) is 0. The van der Waals surface area contributed by atoms with E-state index >= 15 is 0 Å². The molecule has 0 aromatic heterocycles. The van der Waals surface area contributed by atoms with Gasteiger partial charge in [0.1, 0.15) is 0 Å². The Labute approximate surface area is 153 Å². The monoisotopic (exact) mass is 329 g/mol. The van der Waals surface area contributed by atoms with Gasteiger partial charge in [-0.2, -0.15) is 0 Å². The van der Waals surface area contributed by atoms with Gasteiger partial charge >= 0.3 is 0 Å². The summed E-state index contributed by atoms with van der Waals surface area (Å²) in [5, 5.41) is 5.08. The van der Waals surface area contributed by atoms with Crippen LogP contribution in [0.4, 0.5) is 0 Å². The van der Waals surface area contributed by atoms with Crippen molar-refractivity contribution in [3.05, 3.63) is 109 Å². The van der Waals surface area contributed by atoms with Gasteiger partial charge in [0.2, 0.25) is 0 Å². The Hall–Kier alpha value is -3.38. The quantitative estimate of drug-likeness (QED) is 0.323. The molecule has 5 rings (SSSR count). The molecule has 0 spiro atoms. The van der Waals surface area contributed by atoms with Gasteiger partial charge in [-0.25, -0.2) is 0 Å². The Balaban J connectivity index is 1.72. The van der Waals surface area contributed by atoms with E-state index in [0.717, 1.165) is 0 Å². The highest BCUT2D eigenvalue weighted by atomic mass is 14.1. The van der Waals surface area contributed by atoms with Crippen LogP contribution in [0.25, 0.3) is 43.8 Å². The highest BCUT2D eigenvalue weighted by Gasteiger charge is 2.07. The minimum absolute atomic E-state index is 1.20. The molecule has 0 N–H and O–H groups in total. The van der Waals surface area contributed by atoms with Crippen LogP contribution in [-0.2, 0) is 0 Å². The highest BCUT2D eigenvalue weighted by molar-refractivity contribution is 5.99. The van der Waals surface area contributed by atoms with E-state index < -0.39 is 0 Å². The first kappa shape index (κ1) is 14.9. The molecule has 0 aliphatic carbocycles. The molecule has 0 saturated carbocycles. The molecule has 0 atom stereocenters. The first-order chi connectivity index (χ1) is 12.9.